The van der Waals surface area contributed by atoms with Crippen molar-refractivity contribution in [2.24, 2.45) is 0 Å². The van der Waals surface area contributed by atoms with Crippen LogP contribution in [0.5, 0.6) is 0 Å². The summed E-state index contributed by atoms with van der Waals surface area (Å²) in [5.74, 6) is 0.767. The summed E-state index contributed by atoms with van der Waals surface area (Å²) < 4.78 is 1.87. The van der Waals surface area contributed by atoms with Crippen LogP contribution in [-0.4, -0.2) is 33.4 Å². The van der Waals surface area contributed by atoms with Crippen molar-refractivity contribution in [3.63, 3.8) is 0 Å². The summed E-state index contributed by atoms with van der Waals surface area (Å²) in [6.45, 7) is 1.36. The fourth-order valence-electron chi connectivity index (χ4n) is 5.28. The van der Waals surface area contributed by atoms with Crippen LogP contribution in [-0.2, 0) is 0 Å². The number of para-hydroxylation sites is 2. The molecular weight excluding hydrogens is 374 g/mol. The minimum atomic E-state index is -0.0562. The van der Waals surface area contributed by atoms with E-state index >= 15 is 0 Å². The first-order valence-electron chi connectivity index (χ1n) is 11.3. The fraction of sp³-hybridized carbons (Fsp3) is 0.440. The molecule has 5 heteroatoms. The lowest BCUT2D eigenvalue weighted by Crippen LogP contribution is -2.40. The smallest absolute Gasteiger partial charge is 0.326 e. The SMILES string of the molecule is O=C(c1ccc(C2CCCCC2)cc1)N1CCC(n2c(=O)[nH]c3ccccc32)CC1. The number of hydrogen-bond donors (Lipinski definition) is 1. The van der Waals surface area contributed by atoms with E-state index in [9.17, 15) is 9.59 Å². The van der Waals surface area contributed by atoms with Gasteiger partial charge in [0.1, 0.15) is 0 Å². The Morgan fingerprint density at radius 2 is 1.57 bits per heavy atom. The van der Waals surface area contributed by atoms with E-state index in [1.165, 1.54) is 37.7 Å². The molecule has 0 unspecified atom stereocenters. The van der Waals surface area contributed by atoms with E-state index in [4.69, 9.17) is 0 Å². The van der Waals surface area contributed by atoms with Crippen molar-refractivity contribution < 1.29 is 4.79 Å². The van der Waals surface area contributed by atoms with Crippen molar-refractivity contribution in [1.82, 2.24) is 14.5 Å². The van der Waals surface area contributed by atoms with Crippen LogP contribution < -0.4 is 5.69 Å². The van der Waals surface area contributed by atoms with Gasteiger partial charge in [-0.05, 0) is 61.4 Å². The van der Waals surface area contributed by atoms with Crippen LogP contribution in [0.2, 0.25) is 0 Å². The van der Waals surface area contributed by atoms with Gasteiger partial charge in [-0.25, -0.2) is 4.79 Å². The number of carbonyl (C=O) groups excluding carboxylic acids is 1. The predicted octanol–water partition coefficient (Wildman–Crippen LogP) is 4.85. The monoisotopic (exact) mass is 403 g/mol. The van der Waals surface area contributed by atoms with Crippen LogP contribution in [0, 0.1) is 0 Å². The third kappa shape index (κ3) is 3.57. The molecule has 1 saturated heterocycles. The number of imidazole rings is 1. The number of piperidine rings is 1. The molecule has 156 valence electrons. The number of fused-ring (bicyclic) bond motifs is 1. The van der Waals surface area contributed by atoms with Crippen LogP contribution in [0.15, 0.2) is 53.3 Å². The topological polar surface area (TPSA) is 58.1 Å². The van der Waals surface area contributed by atoms with Crippen LogP contribution in [0.4, 0.5) is 0 Å². The molecule has 1 aliphatic carbocycles. The van der Waals surface area contributed by atoms with Crippen LogP contribution in [0.3, 0.4) is 0 Å². The molecule has 0 bridgehead atoms. The lowest BCUT2D eigenvalue weighted by molar-refractivity contribution is 0.0695. The number of nitrogens with one attached hydrogen (secondary N) is 1. The molecule has 1 N–H and O–H groups in total. The molecule has 0 radical (unpaired) electrons. The van der Waals surface area contributed by atoms with E-state index < -0.39 is 0 Å². The number of amides is 1. The number of aromatic amines is 1. The third-order valence-corrected chi connectivity index (χ3v) is 6.98. The first-order chi connectivity index (χ1) is 14.7. The zero-order valence-electron chi connectivity index (χ0n) is 17.3. The standard InChI is InChI=1S/C25H29N3O2/c29-24(20-12-10-19(11-13-20)18-6-2-1-3-7-18)27-16-14-21(15-17-27)28-23-9-5-4-8-22(23)26-25(28)30/h4-5,8-13,18,21H,1-3,6-7,14-17H2,(H,26,30). The molecule has 1 aromatic heterocycles. The summed E-state index contributed by atoms with van der Waals surface area (Å²) in [4.78, 5) is 30.4. The van der Waals surface area contributed by atoms with Gasteiger partial charge in [-0.15, -0.1) is 0 Å². The summed E-state index contributed by atoms with van der Waals surface area (Å²) in [7, 11) is 0. The van der Waals surface area contributed by atoms with Gasteiger partial charge in [0.15, 0.2) is 0 Å². The van der Waals surface area contributed by atoms with Crippen molar-refractivity contribution in [2.75, 3.05) is 13.1 Å². The number of H-pyrrole nitrogens is 1. The van der Waals surface area contributed by atoms with Gasteiger partial charge in [-0.2, -0.15) is 0 Å². The fourth-order valence-corrected chi connectivity index (χ4v) is 5.28. The minimum Gasteiger partial charge on any atom is -0.338 e. The normalized spacial score (nSPS) is 18.7. The van der Waals surface area contributed by atoms with Gasteiger partial charge in [0.25, 0.3) is 5.91 Å². The maximum Gasteiger partial charge on any atom is 0.326 e. The first-order valence-corrected chi connectivity index (χ1v) is 11.3. The maximum atomic E-state index is 13.0. The summed E-state index contributed by atoms with van der Waals surface area (Å²) in [5, 5.41) is 0. The molecule has 0 atom stereocenters. The number of rotatable bonds is 3. The summed E-state index contributed by atoms with van der Waals surface area (Å²) in [6, 6.07) is 16.3. The molecule has 1 aliphatic heterocycles. The Balaban J connectivity index is 1.25. The number of likely N-dealkylation sites (tertiary alicyclic amines) is 1. The summed E-state index contributed by atoms with van der Waals surface area (Å²) in [6.07, 6.45) is 8.14. The Bertz CT molecular complexity index is 1080. The highest BCUT2D eigenvalue weighted by molar-refractivity contribution is 5.94. The van der Waals surface area contributed by atoms with Gasteiger partial charge < -0.3 is 9.88 Å². The Hall–Kier alpha value is -2.82. The summed E-state index contributed by atoms with van der Waals surface area (Å²) >= 11 is 0. The van der Waals surface area contributed by atoms with E-state index in [0.29, 0.717) is 19.0 Å². The Kier molecular flexibility index (Phi) is 5.19. The van der Waals surface area contributed by atoms with Crippen LogP contribution in [0.25, 0.3) is 11.0 Å². The highest BCUT2D eigenvalue weighted by Gasteiger charge is 2.27. The van der Waals surface area contributed by atoms with Gasteiger partial charge >= 0.3 is 5.69 Å². The minimum absolute atomic E-state index is 0.0562. The molecular formula is C25H29N3O2. The zero-order valence-corrected chi connectivity index (χ0v) is 17.3. The molecule has 2 aliphatic rings. The number of carbonyl (C=O) groups is 1. The quantitative estimate of drug-likeness (QED) is 0.679. The molecule has 1 amide bonds. The second kappa shape index (κ2) is 8.13. The number of nitrogens with zero attached hydrogens (tertiary/aromatic N) is 2. The highest BCUT2D eigenvalue weighted by atomic mass is 16.2. The number of hydrogen-bond acceptors (Lipinski definition) is 2. The molecule has 5 nitrogen and oxygen atoms in total. The van der Waals surface area contributed by atoms with E-state index in [-0.39, 0.29) is 17.6 Å². The molecule has 2 fully saturated rings. The average molecular weight is 404 g/mol. The average Bonchev–Trinajstić information content (AvgIpc) is 3.15. The van der Waals surface area contributed by atoms with E-state index in [1.54, 1.807) is 0 Å². The van der Waals surface area contributed by atoms with E-state index in [0.717, 1.165) is 29.4 Å². The van der Waals surface area contributed by atoms with Crippen molar-refractivity contribution >= 4 is 16.9 Å². The summed E-state index contributed by atoms with van der Waals surface area (Å²) in [5.41, 5.74) is 3.92. The van der Waals surface area contributed by atoms with E-state index in [1.807, 2.05) is 45.9 Å². The second-order valence-electron chi connectivity index (χ2n) is 8.80. The largest absolute Gasteiger partial charge is 0.338 e. The lowest BCUT2D eigenvalue weighted by Gasteiger charge is -2.32. The lowest BCUT2D eigenvalue weighted by atomic mass is 9.84. The number of aromatic nitrogens is 2. The predicted molar refractivity (Wildman–Crippen MR) is 119 cm³/mol. The zero-order chi connectivity index (χ0) is 20.5. The molecule has 1 saturated carbocycles. The Morgan fingerprint density at radius 3 is 2.30 bits per heavy atom. The van der Waals surface area contributed by atoms with Crippen LogP contribution >= 0.6 is 0 Å². The van der Waals surface area contributed by atoms with Crippen molar-refractivity contribution in [3.05, 3.63) is 70.1 Å². The Labute approximate surface area is 176 Å². The first kappa shape index (κ1) is 19.2. The molecule has 5 rings (SSSR count). The van der Waals surface area contributed by atoms with Crippen molar-refractivity contribution in [3.8, 4) is 0 Å². The van der Waals surface area contributed by atoms with Gasteiger partial charge in [0, 0.05) is 24.7 Å². The molecule has 2 aromatic carbocycles. The van der Waals surface area contributed by atoms with Gasteiger partial charge in [-0.1, -0.05) is 43.5 Å². The third-order valence-electron chi connectivity index (χ3n) is 6.98. The highest BCUT2D eigenvalue weighted by Crippen LogP contribution is 2.33. The van der Waals surface area contributed by atoms with Crippen molar-refractivity contribution in [1.29, 1.82) is 0 Å². The molecule has 3 aromatic rings. The van der Waals surface area contributed by atoms with E-state index in [2.05, 4.69) is 17.1 Å². The van der Waals surface area contributed by atoms with Crippen LogP contribution in [0.1, 0.15) is 72.8 Å². The van der Waals surface area contributed by atoms with Gasteiger partial charge in [-0.3, -0.25) is 9.36 Å². The molecule has 0 spiro atoms. The molecule has 2 heterocycles. The second-order valence-corrected chi connectivity index (χ2v) is 8.80. The van der Waals surface area contributed by atoms with Gasteiger partial charge in [0.2, 0.25) is 0 Å². The maximum absolute atomic E-state index is 13.0. The van der Waals surface area contributed by atoms with Gasteiger partial charge in [0.05, 0.1) is 11.0 Å². The number of benzene rings is 2. The Morgan fingerprint density at radius 1 is 0.867 bits per heavy atom. The van der Waals surface area contributed by atoms with Crippen molar-refractivity contribution in [2.45, 2.75) is 56.9 Å². The molecule has 30 heavy (non-hydrogen) atoms.